The molecule has 18 heavy (non-hydrogen) atoms. The smallest absolute Gasteiger partial charge is 0.0148 e. The van der Waals surface area contributed by atoms with Crippen LogP contribution in [-0.2, 0) is 0 Å². The van der Waals surface area contributed by atoms with Crippen LogP contribution in [0.25, 0.3) is 22.9 Å². The second-order valence-electron chi connectivity index (χ2n) is 5.01. The zero-order valence-corrected chi connectivity index (χ0v) is 12.3. The summed E-state index contributed by atoms with van der Waals surface area (Å²) < 4.78 is 0. The summed E-state index contributed by atoms with van der Waals surface area (Å²) in [5.74, 6) is 0. The van der Waals surface area contributed by atoms with Crippen LogP contribution in [0.3, 0.4) is 0 Å². The molecule has 2 aromatic carbocycles. The molecule has 0 unspecified atom stereocenters. The van der Waals surface area contributed by atoms with Gasteiger partial charge in [0.25, 0.3) is 0 Å². The Morgan fingerprint density at radius 3 is 2.28 bits per heavy atom. The van der Waals surface area contributed by atoms with Crippen molar-refractivity contribution in [3.05, 3.63) is 46.3 Å². The third-order valence-electron chi connectivity index (χ3n) is 2.86. The van der Waals surface area contributed by atoms with E-state index in [1.807, 2.05) is 0 Å². The molecular formula is C18H24. The van der Waals surface area contributed by atoms with Crippen molar-refractivity contribution in [2.24, 2.45) is 0 Å². The Labute approximate surface area is 111 Å². The van der Waals surface area contributed by atoms with Gasteiger partial charge in [-0.05, 0) is 59.7 Å². The summed E-state index contributed by atoms with van der Waals surface area (Å²) in [7, 11) is 0. The van der Waals surface area contributed by atoms with Gasteiger partial charge in [-0.3, -0.25) is 0 Å². The average Bonchev–Trinajstić information content (AvgIpc) is 2.29. The summed E-state index contributed by atoms with van der Waals surface area (Å²) in [5.41, 5.74) is 2.65. The van der Waals surface area contributed by atoms with Crippen molar-refractivity contribution >= 4 is 22.9 Å². The van der Waals surface area contributed by atoms with E-state index >= 15 is 0 Å². The highest BCUT2D eigenvalue weighted by Gasteiger charge is 1.97. The van der Waals surface area contributed by atoms with Gasteiger partial charge in [0, 0.05) is 0 Å². The van der Waals surface area contributed by atoms with Crippen LogP contribution in [0.2, 0.25) is 0 Å². The van der Waals surface area contributed by atoms with Crippen LogP contribution in [0.1, 0.15) is 39.7 Å². The molecule has 0 nitrogen and oxygen atoms in total. The summed E-state index contributed by atoms with van der Waals surface area (Å²) in [4.78, 5) is 0. The van der Waals surface area contributed by atoms with Gasteiger partial charge in [-0.2, -0.15) is 0 Å². The zero-order valence-electron chi connectivity index (χ0n) is 12.3. The molecule has 0 heterocycles. The van der Waals surface area contributed by atoms with Crippen molar-refractivity contribution < 1.29 is 0 Å². The van der Waals surface area contributed by atoms with E-state index in [9.17, 15) is 0 Å². The Morgan fingerprint density at radius 1 is 1.11 bits per heavy atom. The molecule has 0 amide bonds. The number of hydrogen-bond donors (Lipinski definition) is 0. The van der Waals surface area contributed by atoms with E-state index < -0.39 is 0 Å². The average molecular weight is 240 g/mol. The van der Waals surface area contributed by atoms with E-state index in [-0.39, 0.29) is 0 Å². The minimum absolute atomic E-state index is 1.12. The number of aryl methyl sites for hydroxylation is 1. The first kappa shape index (κ1) is 14.5. The molecule has 0 radical (unpaired) electrons. The first-order valence-electron chi connectivity index (χ1n) is 6.67. The number of rotatable bonds is 0. The zero-order chi connectivity index (χ0) is 13.7. The van der Waals surface area contributed by atoms with Gasteiger partial charge in [0.15, 0.2) is 0 Å². The Bertz CT molecular complexity index is 629. The van der Waals surface area contributed by atoms with Gasteiger partial charge in [-0.1, -0.05) is 50.6 Å². The molecule has 0 saturated carbocycles. The molecule has 0 aliphatic carbocycles. The lowest BCUT2D eigenvalue weighted by Crippen LogP contribution is -2.24. The van der Waals surface area contributed by atoms with E-state index in [0.29, 0.717) is 0 Å². The highest BCUT2D eigenvalue weighted by atomic mass is 14.0. The molecule has 0 fully saturated rings. The van der Waals surface area contributed by atoms with Crippen LogP contribution >= 0.6 is 0 Å². The molecule has 0 spiro atoms. The summed E-state index contributed by atoms with van der Waals surface area (Å²) in [6, 6.07) is 10.8. The van der Waals surface area contributed by atoms with E-state index in [0.717, 1.165) is 5.22 Å². The van der Waals surface area contributed by atoms with Crippen molar-refractivity contribution in [1.29, 1.82) is 0 Å². The number of fused-ring (bicyclic) bond motifs is 1. The van der Waals surface area contributed by atoms with Gasteiger partial charge in [0.1, 0.15) is 0 Å². The lowest BCUT2D eigenvalue weighted by molar-refractivity contribution is 1.09. The van der Waals surface area contributed by atoms with Crippen molar-refractivity contribution in [2.75, 3.05) is 0 Å². The molecule has 0 aliphatic heterocycles. The molecule has 0 aliphatic rings. The molecule has 2 aromatic rings. The van der Waals surface area contributed by atoms with Gasteiger partial charge in [0.2, 0.25) is 0 Å². The second-order valence-corrected chi connectivity index (χ2v) is 5.01. The van der Waals surface area contributed by atoms with Crippen LogP contribution < -0.4 is 10.4 Å². The highest BCUT2D eigenvalue weighted by Crippen LogP contribution is 2.14. The Hall–Kier alpha value is -1.56. The maximum Gasteiger partial charge on any atom is -0.0148 e. The predicted molar refractivity (Wildman–Crippen MR) is 84.2 cm³/mol. The predicted octanol–water partition coefficient (Wildman–Crippen LogP) is 4.17. The molecule has 0 atom stereocenters. The molecular weight excluding hydrogens is 216 g/mol. The molecule has 0 heteroatoms. The fourth-order valence-corrected chi connectivity index (χ4v) is 1.99. The standard InChI is InChI=1S/C15H16.C3H8/c1-10(2)14-9-15-11(3)6-5-7-13(15)8-12(14)4;1-3-2/h5-9H,4H2,1-3H3;3H2,1-2H3. The first-order chi connectivity index (χ1) is 8.51. The lowest BCUT2D eigenvalue weighted by atomic mass is 10.0. The van der Waals surface area contributed by atoms with Gasteiger partial charge < -0.3 is 0 Å². The fraction of sp³-hybridized carbons (Fsp3) is 0.333. The molecule has 0 N–H and O–H groups in total. The van der Waals surface area contributed by atoms with Crippen LogP contribution in [-0.4, -0.2) is 0 Å². The van der Waals surface area contributed by atoms with E-state index in [1.54, 1.807) is 0 Å². The summed E-state index contributed by atoms with van der Waals surface area (Å²) in [6.07, 6.45) is 1.25. The second kappa shape index (κ2) is 6.39. The minimum Gasteiger partial charge on any atom is -0.0911 e. The SMILES string of the molecule is C=c1cc2cccc(C)c2cc1=C(C)C.CCC. The minimum atomic E-state index is 1.12. The summed E-state index contributed by atoms with van der Waals surface area (Å²) in [5, 5.41) is 5.01. The molecule has 2 rings (SSSR count). The number of hydrogen-bond acceptors (Lipinski definition) is 0. The summed E-state index contributed by atoms with van der Waals surface area (Å²) in [6.45, 7) is 14.8. The van der Waals surface area contributed by atoms with Gasteiger partial charge >= 0.3 is 0 Å². The monoisotopic (exact) mass is 240 g/mol. The molecule has 0 aromatic heterocycles. The van der Waals surface area contributed by atoms with E-state index in [4.69, 9.17) is 0 Å². The van der Waals surface area contributed by atoms with Crippen LogP contribution in [0, 0.1) is 6.92 Å². The van der Waals surface area contributed by atoms with Crippen molar-refractivity contribution in [1.82, 2.24) is 0 Å². The van der Waals surface area contributed by atoms with Gasteiger partial charge in [-0.15, -0.1) is 0 Å². The van der Waals surface area contributed by atoms with Crippen LogP contribution in [0.5, 0.6) is 0 Å². The molecule has 96 valence electrons. The normalized spacial score (nSPS) is 9.83. The van der Waals surface area contributed by atoms with Gasteiger partial charge in [-0.25, -0.2) is 0 Å². The first-order valence-corrected chi connectivity index (χ1v) is 6.67. The maximum absolute atomic E-state index is 4.10. The van der Waals surface area contributed by atoms with Gasteiger partial charge in [0.05, 0.1) is 0 Å². The van der Waals surface area contributed by atoms with Crippen LogP contribution in [0.15, 0.2) is 30.3 Å². The Morgan fingerprint density at radius 2 is 1.72 bits per heavy atom. The Kier molecular flexibility index (Phi) is 5.15. The lowest BCUT2D eigenvalue weighted by Gasteiger charge is -2.03. The molecule has 0 saturated heterocycles. The quantitative estimate of drug-likeness (QED) is 0.648. The maximum atomic E-state index is 4.10. The topological polar surface area (TPSA) is 0 Å². The number of benzene rings is 2. The van der Waals surface area contributed by atoms with E-state index in [2.05, 4.69) is 71.5 Å². The third kappa shape index (κ3) is 3.22. The van der Waals surface area contributed by atoms with Crippen molar-refractivity contribution in [2.45, 2.75) is 41.0 Å². The van der Waals surface area contributed by atoms with Crippen molar-refractivity contribution in [3.8, 4) is 0 Å². The largest absolute Gasteiger partial charge is 0.0911 e. The van der Waals surface area contributed by atoms with E-state index in [1.165, 1.54) is 33.5 Å². The Balaban J connectivity index is 0.000000492. The fourth-order valence-electron chi connectivity index (χ4n) is 1.99. The third-order valence-corrected chi connectivity index (χ3v) is 2.86. The van der Waals surface area contributed by atoms with Crippen molar-refractivity contribution in [3.63, 3.8) is 0 Å². The molecule has 0 bridgehead atoms. The van der Waals surface area contributed by atoms with Crippen LogP contribution in [0.4, 0.5) is 0 Å². The highest BCUT2D eigenvalue weighted by molar-refractivity contribution is 5.86. The summed E-state index contributed by atoms with van der Waals surface area (Å²) >= 11 is 0.